The topological polar surface area (TPSA) is 66.0 Å². The molecule has 0 aliphatic carbocycles. The fraction of sp³-hybridized carbons (Fsp3) is 0.417. The summed E-state index contributed by atoms with van der Waals surface area (Å²) in [5, 5.41) is 0. The zero-order valence-corrected chi connectivity index (χ0v) is 12.3. The minimum absolute atomic E-state index is 0.0541. The number of allylic oxidation sites excluding steroid dienone is 2. The third-order valence-electron chi connectivity index (χ3n) is 2.58. The van der Waals surface area contributed by atoms with Crippen LogP contribution in [0.15, 0.2) is 39.7 Å². The van der Waals surface area contributed by atoms with Crippen molar-refractivity contribution in [1.29, 1.82) is 0 Å². The van der Waals surface area contributed by atoms with Crippen LogP contribution in [0.5, 0.6) is 0 Å². The summed E-state index contributed by atoms with van der Waals surface area (Å²) in [6.45, 7) is 8.94. The molecule has 1 aromatic heterocycles. The standard InChI is InChI=1S/C12H16BrN3O3/c1-4-7-14-10(17)15(8-5-2)12(19)16(11(14)18)9(13)6-3/h4-5,9H,1-2,6-8H2,3H3. The highest BCUT2D eigenvalue weighted by Crippen LogP contribution is 2.13. The molecule has 0 amide bonds. The van der Waals surface area contributed by atoms with Crippen LogP contribution in [0.1, 0.15) is 18.3 Å². The van der Waals surface area contributed by atoms with E-state index in [4.69, 9.17) is 0 Å². The van der Waals surface area contributed by atoms with Crippen LogP contribution in [0.4, 0.5) is 0 Å². The summed E-state index contributed by atoms with van der Waals surface area (Å²) in [5.74, 6) is 0. The molecule has 104 valence electrons. The summed E-state index contributed by atoms with van der Waals surface area (Å²) in [6, 6.07) is 0. The summed E-state index contributed by atoms with van der Waals surface area (Å²) in [5.41, 5.74) is -1.93. The van der Waals surface area contributed by atoms with Gasteiger partial charge in [0.2, 0.25) is 0 Å². The zero-order chi connectivity index (χ0) is 14.6. The van der Waals surface area contributed by atoms with Gasteiger partial charge in [0.25, 0.3) is 0 Å². The number of aromatic nitrogens is 3. The molecular weight excluding hydrogens is 314 g/mol. The first-order valence-corrected chi connectivity index (χ1v) is 6.73. The first kappa shape index (κ1) is 15.4. The fourth-order valence-corrected chi connectivity index (χ4v) is 1.99. The molecule has 6 nitrogen and oxygen atoms in total. The lowest BCUT2D eigenvalue weighted by atomic mass is 10.5. The van der Waals surface area contributed by atoms with E-state index in [0.717, 1.165) is 13.7 Å². The smallest absolute Gasteiger partial charge is 0.247 e. The van der Waals surface area contributed by atoms with E-state index in [0.29, 0.717) is 6.42 Å². The van der Waals surface area contributed by atoms with Crippen LogP contribution in [0.25, 0.3) is 0 Å². The minimum Gasteiger partial charge on any atom is -0.247 e. The molecular formula is C12H16BrN3O3. The first-order chi connectivity index (χ1) is 8.99. The maximum atomic E-state index is 12.2. The third-order valence-corrected chi connectivity index (χ3v) is 3.63. The summed E-state index contributed by atoms with van der Waals surface area (Å²) in [4.78, 5) is 35.9. The number of halogens is 1. The second-order valence-corrected chi connectivity index (χ2v) is 4.92. The fourth-order valence-electron chi connectivity index (χ4n) is 1.64. The Balaban J connectivity index is 3.79. The predicted molar refractivity (Wildman–Crippen MR) is 77.9 cm³/mol. The van der Waals surface area contributed by atoms with E-state index < -0.39 is 22.0 Å². The van der Waals surface area contributed by atoms with Crippen LogP contribution in [-0.2, 0) is 13.1 Å². The molecule has 1 rings (SSSR count). The Hall–Kier alpha value is -1.63. The maximum absolute atomic E-state index is 12.2. The van der Waals surface area contributed by atoms with E-state index in [9.17, 15) is 14.4 Å². The molecule has 0 saturated carbocycles. The second kappa shape index (κ2) is 6.51. The van der Waals surface area contributed by atoms with Gasteiger partial charge in [-0.25, -0.2) is 28.1 Å². The van der Waals surface area contributed by atoms with Crippen LogP contribution in [0, 0.1) is 0 Å². The molecule has 0 aliphatic rings. The Labute approximate surface area is 118 Å². The van der Waals surface area contributed by atoms with E-state index in [1.54, 1.807) is 0 Å². The number of nitrogens with zero attached hydrogens (tertiary/aromatic N) is 3. The highest BCUT2D eigenvalue weighted by atomic mass is 79.9. The van der Waals surface area contributed by atoms with E-state index >= 15 is 0 Å². The lowest BCUT2D eigenvalue weighted by Gasteiger charge is -2.15. The maximum Gasteiger partial charge on any atom is 0.337 e. The van der Waals surface area contributed by atoms with Gasteiger partial charge in [-0.3, -0.25) is 0 Å². The molecule has 0 spiro atoms. The molecule has 0 N–H and O–H groups in total. The van der Waals surface area contributed by atoms with Gasteiger partial charge in [-0.15, -0.1) is 13.2 Å². The number of alkyl halides is 1. The molecule has 1 heterocycles. The van der Waals surface area contributed by atoms with Gasteiger partial charge in [0, 0.05) is 0 Å². The molecule has 7 heteroatoms. The van der Waals surface area contributed by atoms with Crippen LogP contribution >= 0.6 is 15.9 Å². The monoisotopic (exact) mass is 329 g/mol. The normalized spacial score (nSPS) is 12.1. The molecule has 1 unspecified atom stereocenters. The Bertz CT molecular complexity index is 605. The highest BCUT2D eigenvalue weighted by Gasteiger charge is 2.17. The summed E-state index contributed by atoms with van der Waals surface area (Å²) in [6.07, 6.45) is 3.41. The molecule has 19 heavy (non-hydrogen) atoms. The predicted octanol–water partition coefficient (Wildman–Crippen LogP) is 0.847. The SMILES string of the molecule is C=CCn1c(=O)n(CC=C)c(=O)n(C(Br)CC)c1=O. The summed E-state index contributed by atoms with van der Waals surface area (Å²) < 4.78 is 2.97. The molecule has 1 atom stereocenters. The van der Waals surface area contributed by atoms with E-state index in [2.05, 4.69) is 29.1 Å². The Morgan fingerprint density at radius 1 is 1.05 bits per heavy atom. The van der Waals surface area contributed by atoms with Gasteiger partial charge < -0.3 is 0 Å². The Kier molecular flexibility index (Phi) is 5.29. The van der Waals surface area contributed by atoms with Gasteiger partial charge in [-0.1, -0.05) is 35.0 Å². The van der Waals surface area contributed by atoms with E-state index in [1.807, 2.05) is 6.92 Å². The molecule has 1 aromatic rings. The third kappa shape index (κ3) is 2.86. The molecule has 0 fully saturated rings. The molecule has 0 radical (unpaired) electrons. The van der Waals surface area contributed by atoms with E-state index in [1.165, 1.54) is 12.2 Å². The van der Waals surface area contributed by atoms with Crippen molar-refractivity contribution in [2.45, 2.75) is 31.4 Å². The summed E-state index contributed by atoms with van der Waals surface area (Å²) in [7, 11) is 0. The van der Waals surface area contributed by atoms with Crippen molar-refractivity contribution >= 4 is 15.9 Å². The zero-order valence-electron chi connectivity index (χ0n) is 10.7. The van der Waals surface area contributed by atoms with Gasteiger partial charge >= 0.3 is 17.1 Å². The van der Waals surface area contributed by atoms with Crippen LogP contribution in [0.2, 0.25) is 0 Å². The molecule has 0 saturated heterocycles. The van der Waals surface area contributed by atoms with Crippen LogP contribution in [0.3, 0.4) is 0 Å². The number of hydrogen-bond acceptors (Lipinski definition) is 3. The highest BCUT2D eigenvalue weighted by molar-refractivity contribution is 9.09. The van der Waals surface area contributed by atoms with Crippen molar-refractivity contribution in [3.05, 3.63) is 56.8 Å². The van der Waals surface area contributed by atoms with Gasteiger partial charge in [0.1, 0.15) is 0 Å². The Morgan fingerprint density at radius 3 is 1.79 bits per heavy atom. The van der Waals surface area contributed by atoms with Crippen molar-refractivity contribution in [1.82, 2.24) is 13.7 Å². The Morgan fingerprint density at radius 2 is 1.47 bits per heavy atom. The number of hydrogen-bond donors (Lipinski definition) is 0. The average Bonchev–Trinajstić information content (AvgIpc) is 2.39. The van der Waals surface area contributed by atoms with Crippen molar-refractivity contribution in [2.24, 2.45) is 0 Å². The van der Waals surface area contributed by atoms with E-state index in [-0.39, 0.29) is 13.1 Å². The summed E-state index contributed by atoms with van der Waals surface area (Å²) >= 11 is 3.26. The van der Waals surface area contributed by atoms with Gasteiger partial charge in [-0.05, 0) is 6.42 Å². The molecule has 0 aliphatic heterocycles. The van der Waals surface area contributed by atoms with Crippen LogP contribution in [-0.4, -0.2) is 13.7 Å². The second-order valence-electron chi connectivity index (χ2n) is 3.86. The van der Waals surface area contributed by atoms with Gasteiger partial charge in [-0.2, -0.15) is 0 Å². The first-order valence-electron chi connectivity index (χ1n) is 5.81. The number of rotatable bonds is 6. The minimum atomic E-state index is -0.651. The van der Waals surface area contributed by atoms with Crippen molar-refractivity contribution < 1.29 is 0 Å². The van der Waals surface area contributed by atoms with Gasteiger partial charge in [0.05, 0.1) is 18.0 Å². The molecule has 0 bridgehead atoms. The van der Waals surface area contributed by atoms with Crippen molar-refractivity contribution in [2.75, 3.05) is 0 Å². The quantitative estimate of drug-likeness (QED) is 0.574. The average molecular weight is 330 g/mol. The lowest BCUT2D eigenvalue weighted by Crippen LogP contribution is -2.54. The lowest BCUT2D eigenvalue weighted by molar-refractivity contribution is 0.473. The van der Waals surface area contributed by atoms with Gasteiger partial charge in [0.15, 0.2) is 0 Å². The van der Waals surface area contributed by atoms with Crippen molar-refractivity contribution in [3.8, 4) is 0 Å². The van der Waals surface area contributed by atoms with Crippen molar-refractivity contribution in [3.63, 3.8) is 0 Å². The van der Waals surface area contributed by atoms with Crippen LogP contribution < -0.4 is 17.1 Å². The largest absolute Gasteiger partial charge is 0.337 e. The molecule has 0 aromatic carbocycles.